The standard InChI is InChI=1S/C18H27BrO/c1-4-9-16-10-7-8-11-17(16)20-15-18(14-19,12-5-2)13-6-3/h4,7-11H,5-6,12-15H2,1-3H3. The lowest BCUT2D eigenvalue weighted by Crippen LogP contribution is -2.30. The fourth-order valence-corrected chi connectivity index (χ4v) is 3.38. The Kier molecular flexibility index (Phi) is 7.98. The third kappa shape index (κ3) is 4.97. The molecule has 0 amide bonds. The van der Waals surface area contributed by atoms with Crippen molar-refractivity contribution < 1.29 is 4.74 Å². The number of allylic oxidation sites excluding steroid dienone is 1. The highest BCUT2D eigenvalue weighted by molar-refractivity contribution is 9.09. The van der Waals surface area contributed by atoms with Gasteiger partial charge in [0.05, 0.1) is 6.61 Å². The van der Waals surface area contributed by atoms with E-state index < -0.39 is 0 Å². The molecule has 0 saturated heterocycles. The van der Waals surface area contributed by atoms with Crippen molar-refractivity contribution in [2.24, 2.45) is 5.41 Å². The summed E-state index contributed by atoms with van der Waals surface area (Å²) in [5.74, 6) is 0.989. The molecule has 0 spiro atoms. The van der Waals surface area contributed by atoms with Crippen LogP contribution in [0, 0.1) is 5.41 Å². The SMILES string of the molecule is CC=Cc1ccccc1OCC(CBr)(CCC)CCC. The minimum atomic E-state index is 0.256. The highest BCUT2D eigenvalue weighted by atomic mass is 79.9. The van der Waals surface area contributed by atoms with Gasteiger partial charge in [-0.15, -0.1) is 0 Å². The topological polar surface area (TPSA) is 9.23 Å². The maximum absolute atomic E-state index is 6.17. The molecule has 1 nitrogen and oxygen atoms in total. The molecule has 1 aromatic carbocycles. The van der Waals surface area contributed by atoms with Crippen LogP contribution >= 0.6 is 15.9 Å². The second-order valence-corrected chi connectivity index (χ2v) is 6.02. The van der Waals surface area contributed by atoms with Crippen LogP contribution in [-0.2, 0) is 0 Å². The van der Waals surface area contributed by atoms with Crippen molar-refractivity contribution in [3.8, 4) is 5.75 Å². The second-order valence-electron chi connectivity index (χ2n) is 5.46. The van der Waals surface area contributed by atoms with Crippen LogP contribution in [0.2, 0.25) is 0 Å². The third-order valence-corrected chi connectivity index (χ3v) is 4.83. The minimum absolute atomic E-state index is 0.256. The smallest absolute Gasteiger partial charge is 0.126 e. The van der Waals surface area contributed by atoms with E-state index in [9.17, 15) is 0 Å². The number of rotatable bonds is 9. The van der Waals surface area contributed by atoms with Crippen molar-refractivity contribution in [1.82, 2.24) is 0 Å². The van der Waals surface area contributed by atoms with Gasteiger partial charge in [0.15, 0.2) is 0 Å². The second kappa shape index (κ2) is 9.23. The number of benzene rings is 1. The van der Waals surface area contributed by atoms with E-state index in [0.717, 1.165) is 23.2 Å². The quantitative estimate of drug-likeness (QED) is 0.495. The maximum Gasteiger partial charge on any atom is 0.126 e. The van der Waals surface area contributed by atoms with Gasteiger partial charge in [0.1, 0.15) is 5.75 Å². The van der Waals surface area contributed by atoms with E-state index in [2.05, 4.69) is 60.1 Å². The lowest BCUT2D eigenvalue weighted by Gasteiger charge is -2.31. The van der Waals surface area contributed by atoms with Crippen molar-refractivity contribution in [2.75, 3.05) is 11.9 Å². The molecular weight excluding hydrogens is 312 g/mol. The van der Waals surface area contributed by atoms with Gasteiger partial charge >= 0.3 is 0 Å². The van der Waals surface area contributed by atoms with Crippen LogP contribution < -0.4 is 4.74 Å². The lowest BCUT2D eigenvalue weighted by atomic mass is 9.82. The summed E-state index contributed by atoms with van der Waals surface area (Å²) in [6.45, 7) is 7.32. The predicted molar refractivity (Wildman–Crippen MR) is 92.7 cm³/mol. The first kappa shape index (κ1) is 17.3. The Morgan fingerprint density at radius 2 is 1.80 bits per heavy atom. The first-order chi connectivity index (χ1) is 9.71. The Hall–Kier alpha value is -0.760. The van der Waals surface area contributed by atoms with Gasteiger partial charge in [-0.05, 0) is 25.8 Å². The summed E-state index contributed by atoms with van der Waals surface area (Å²) in [5, 5.41) is 1.01. The molecule has 0 fully saturated rings. The van der Waals surface area contributed by atoms with Crippen LogP contribution in [0.4, 0.5) is 0 Å². The van der Waals surface area contributed by atoms with Crippen LogP contribution in [0.25, 0.3) is 6.08 Å². The number of halogens is 1. The fourth-order valence-electron chi connectivity index (χ4n) is 2.66. The van der Waals surface area contributed by atoms with Crippen LogP contribution in [0.15, 0.2) is 30.3 Å². The summed E-state index contributed by atoms with van der Waals surface area (Å²) >= 11 is 3.70. The highest BCUT2D eigenvalue weighted by Gasteiger charge is 2.28. The number of hydrogen-bond donors (Lipinski definition) is 0. The Morgan fingerprint density at radius 1 is 1.15 bits per heavy atom. The molecule has 0 aliphatic carbocycles. The van der Waals surface area contributed by atoms with E-state index >= 15 is 0 Å². The van der Waals surface area contributed by atoms with Gasteiger partial charge in [0.2, 0.25) is 0 Å². The zero-order valence-corrected chi connectivity index (χ0v) is 14.6. The van der Waals surface area contributed by atoms with Gasteiger partial charge in [-0.1, -0.05) is 73.0 Å². The number of ether oxygens (including phenoxy) is 1. The zero-order chi connectivity index (χ0) is 14.8. The predicted octanol–water partition coefficient (Wildman–Crippen LogP) is 6.08. The summed E-state index contributed by atoms with van der Waals surface area (Å²) < 4.78 is 6.17. The Bertz CT molecular complexity index is 406. The van der Waals surface area contributed by atoms with E-state index in [-0.39, 0.29) is 5.41 Å². The zero-order valence-electron chi connectivity index (χ0n) is 13.0. The van der Waals surface area contributed by atoms with E-state index in [1.54, 1.807) is 0 Å². The molecule has 20 heavy (non-hydrogen) atoms. The summed E-state index contributed by atoms with van der Waals surface area (Å²) in [4.78, 5) is 0. The van der Waals surface area contributed by atoms with Crippen molar-refractivity contribution >= 4 is 22.0 Å². The van der Waals surface area contributed by atoms with Crippen LogP contribution in [0.5, 0.6) is 5.75 Å². The van der Waals surface area contributed by atoms with Crippen molar-refractivity contribution in [2.45, 2.75) is 46.5 Å². The first-order valence-electron chi connectivity index (χ1n) is 7.62. The van der Waals surface area contributed by atoms with Gasteiger partial charge in [-0.3, -0.25) is 0 Å². The van der Waals surface area contributed by atoms with E-state index in [0.29, 0.717) is 0 Å². The Morgan fingerprint density at radius 3 is 2.35 bits per heavy atom. The lowest BCUT2D eigenvalue weighted by molar-refractivity contribution is 0.144. The Labute approximate surface area is 132 Å². The molecule has 0 radical (unpaired) electrons. The molecule has 0 atom stereocenters. The van der Waals surface area contributed by atoms with Crippen molar-refractivity contribution in [3.63, 3.8) is 0 Å². The molecule has 112 valence electrons. The number of hydrogen-bond acceptors (Lipinski definition) is 1. The Balaban J connectivity index is 2.81. The van der Waals surface area contributed by atoms with Gasteiger partial charge in [-0.2, -0.15) is 0 Å². The molecule has 0 aliphatic heterocycles. The van der Waals surface area contributed by atoms with Gasteiger partial charge in [-0.25, -0.2) is 0 Å². The van der Waals surface area contributed by atoms with Gasteiger partial charge in [0.25, 0.3) is 0 Å². The monoisotopic (exact) mass is 338 g/mol. The molecule has 0 unspecified atom stereocenters. The number of alkyl halides is 1. The third-order valence-electron chi connectivity index (χ3n) is 3.64. The molecular formula is C18H27BrO. The van der Waals surface area contributed by atoms with E-state index in [1.165, 1.54) is 25.7 Å². The average Bonchev–Trinajstić information content (AvgIpc) is 2.47. The molecule has 0 aromatic heterocycles. The van der Waals surface area contributed by atoms with Gasteiger partial charge < -0.3 is 4.74 Å². The largest absolute Gasteiger partial charge is 0.492 e. The van der Waals surface area contributed by atoms with Crippen LogP contribution in [0.3, 0.4) is 0 Å². The summed E-state index contributed by atoms with van der Waals surface area (Å²) in [6.07, 6.45) is 8.97. The molecule has 0 saturated carbocycles. The summed E-state index contributed by atoms with van der Waals surface area (Å²) in [5.41, 5.74) is 1.42. The molecule has 0 N–H and O–H groups in total. The summed E-state index contributed by atoms with van der Waals surface area (Å²) in [6, 6.07) is 8.26. The number of para-hydroxylation sites is 1. The first-order valence-corrected chi connectivity index (χ1v) is 8.74. The minimum Gasteiger partial charge on any atom is -0.492 e. The molecule has 2 heteroatoms. The molecule has 1 aromatic rings. The van der Waals surface area contributed by atoms with Crippen molar-refractivity contribution in [3.05, 3.63) is 35.9 Å². The normalized spacial score (nSPS) is 12.0. The molecule has 0 heterocycles. The highest BCUT2D eigenvalue weighted by Crippen LogP contribution is 2.33. The fraction of sp³-hybridized carbons (Fsp3) is 0.556. The van der Waals surface area contributed by atoms with Crippen LogP contribution in [-0.4, -0.2) is 11.9 Å². The molecule has 0 aliphatic rings. The summed E-state index contributed by atoms with van der Waals surface area (Å²) in [7, 11) is 0. The molecule has 1 rings (SSSR count). The van der Waals surface area contributed by atoms with Crippen LogP contribution in [0.1, 0.15) is 52.0 Å². The maximum atomic E-state index is 6.17. The van der Waals surface area contributed by atoms with E-state index in [1.807, 2.05) is 13.0 Å². The average molecular weight is 339 g/mol. The molecule has 0 bridgehead atoms. The van der Waals surface area contributed by atoms with Crippen molar-refractivity contribution in [1.29, 1.82) is 0 Å². The van der Waals surface area contributed by atoms with Gasteiger partial charge in [0, 0.05) is 16.3 Å². The van der Waals surface area contributed by atoms with E-state index in [4.69, 9.17) is 4.74 Å².